The smallest absolute Gasteiger partial charge is 0.144 e. The van der Waals surface area contributed by atoms with Crippen LogP contribution in [0.15, 0.2) is 30.3 Å². The van der Waals surface area contributed by atoms with Gasteiger partial charge in [-0.05, 0) is 18.4 Å². The number of carbonyl (C=O) groups excluding carboxylic acids is 1. The van der Waals surface area contributed by atoms with Gasteiger partial charge in [-0.3, -0.25) is 4.79 Å². The quantitative estimate of drug-likeness (QED) is 0.768. The summed E-state index contributed by atoms with van der Waals surface area (Å²) in [6.45, 7) is 0.440. The van der Waals surface area contributed by atoms with E-state index in [4.69, 9.17) is 5.73 Å². The van der Waals surface area contributed by atoms with Crippen LogP contribution in [0.1, 0.15) is 24.8 Å². The largest absolute Gasteiger partial charge is 0.329 e. The van der Waals surface area contributed by atoms with E-state index in [2.05, 4.69) is 0 Å². The molecule has 0 radical (unpaired) electrons. The summed E-state index contributed by atoms with van der Waals surface area (Å²) in [4.78, 5) is 11.8. The summed E-state index contributed by atoms with van der Waals surface area (Å²) in [5.41, 5.74) is 6.48. The van der Waals surface area contributed by atoms with Crippen LogP contribution in [-0.2, 0) is 10.2 Å². The van der Waals surface area contributed by atoms with Gasteiger partial charge >= 0.3 is 0 Å². The van der Waals surface area contributed by atoms with Crippen LogP contribution >= 0.6 is 0 Å². The Balaban J connectivity index is 2.43. The highest BCUT2D eigenvalue weighted by atomic mass is 16.1. The van der Waals surface area contributed by atoms with Gasteiger partial charge in [-0.15, -0.1) is 0 Å². The molecule has 0 amide bonds. The summed E-state index contributed by atoms with van der Waals surface area (Å²) in [5.74, 6) is 0.311. The molecule has 1 fully saturated rings. The number of ketones is 1. The number of carbonyl (C=O) groups is 1. The van der Waals surface area contributed by atoms with E-state index in [0.29, 0.717) is 18.7 Å². The van der Waals surface area contributed by atoms with E-state index in [9.17, 15) is 4.79 Å². The molecular formula is C12H15NO. The summed E-state index contributed by atoms with van der Waals surface area (Å²) < 4.78 is 0. The molecule has 1 unspecified atom stereocenters. The summed E-state index contributed by atoms with van der Waals surface area (Å²) in [6.07, 6.45) is 2.57. The van der Waals surface area contributed by atoms with E-state index in [1.54, 1.807) is 0 Å². The minimum Gasteiger partial charge on any atom is -0.329 e. The molecule has 1 aromatic carbocycles. The molecular weight excluding hydrogens is 174 g/mol. The van der Waals surface area contributed by atoms with E-state index < -0.39 is 0 Å². The molecule has 0 aromatic heterocycles. The summed E-state index contributed by atoms with van der Waals surface area (Å²) >= 11 is 0. The maximum Gasteiger partial charge on any atom is 0.144 e. The van der Waals surface area contributed by atoms with Gasteiger partial charge in [0, 0.05) is 13.0 Å². The van der Waals surface area contributed by atoms with Crippen molar-refractivity contribution in [2.24, 2.45) is 5.73 Å². The van der Waals surface area contributed by atoms with E-state index >= 15 is 0 Å². The average molecular weight is 189 g/mol. The molecule has 0 aliphatic heterocycles. The maximum absolute atomic E-state index is 11.8. The first-order valence-corrected chi connectivity index (χ1v) is 5.08. The molecule has 1 aromatic rings. The number of Topliss-reactive ketones (excluding diaryl/α,β-unsaturated/α-hetero) is 1. The Hall–Kier alpha value is -1.15. The fourth-order valence-corrected chi connectivity index (χ4v) is 2.33. The lowest BCUT2D eigenvalue weighted by molar-refractivity contribution is -0.121. The molecule has 0 spiro atoms. The van der Waals surface area contributed by atoms with Gasteiger partial charge in [-0.25, -0.2) is 0 Å². The first kappa shape index (κ1) is 9.41. The standard InChI is InChI=1S/C12H15NO/c13-9-12(8-4-7-11(12)14)10-5-2-1-3-6-10/h1-3,5-6H,4,7-9,13H2. The Labute approximate surface area is 84.1 Å². The fraction of sp³-hybridized carbons (Fsp3) is 0.417. The normalized spacial score (nSPS) is 26.8. The molecule has 2 rings (SSSR count). The van der Waals surface area contributed by atoms with Gasteiger partial charge in [0.15, 0.2) is 0 Å². The number of hydrogen-bond donors (Lipinski definition) is 1. The van der Waals surface area contributed by atoms with Crippen LogP contribution in [-0.4, -0.2) is 12.3 Å². The highest BCUT2D eigenvalue weighted by Crippen LogP contribution is 2.37. The molecule has 2 N–H and O–H groups in total. The van der Waals surface area contributed by atoms with Crippen LogP contribution in [0.4, 0.5) is 0 Å². The highest BCUT2D eigenvalue weighted by molar-refractivity contribution is 5.92. The molecule has 1 aliphatic rings. The molecule has 1 atom stereocenters. The van der Waals surface area contributed by atoms with Crippen LogP contribution < -0.4 is 5.73 Å². The van der Waals surface area contributed by atoms with Gasteiger partial charge in [0.2, 0.25) is 0 Å². The highest BCUT2D eigenvalue weighted by Gasteiger charge is 2.41. The van der Waals surface area contributed by atoms with E-state index in [1.165, 1.54) is 0 Å². The number of hydrogen-bond acceptors (Lipinski definition) is 2. The summed E-state index contributed by atoms with van der Waals surface area (Å²) in [6, 6.07) is 9.93. The molecule has 2 heteroatoms. The van der Waals surface area contributed by atoms with E-state index in [-0.39, 0.29) is 5.41 Å². The second kappa shape index (κ2) is 3.54. The van der Waals surface area contributed by atoms with Crippen molar-refractivity contribution >= 4 is 5.78 Å². The second-order valence-corrected chi connectivity index (χ2v) is 3.93. The molecule has 14 heavy (non-hydrogen) atoms. The van der Waals surface area contributed by atoms with E-state index in [0.717, 1.165) is 18.4 Å². The van der Waals surface area contributed by atoms with Crippen LogP contribution in [0.5, 0.6) is 0 Å². The Bertz CT molecular complexity index is 333. The molecule has 1 aliphatic carbocycles. The first-order chi connectivity index (χ1) is 6.79. The Kier molecular flexibility index (Phi) is 2.38. The molecule has 1 saturated carbocycles. The van der Waals surface area contributed by atoms with Crippen molar-refractivity contribution in [2.45, 2.75) is 24.7 Å². The minimum atomic E-state index is -0.374. The monoisotopic (exact) mass is 189 g/mol. The van der Waals surface area contributed by atoms with Crippen LogP contribution in [0.3, 0.4) is 0 Å². The van der Waals surface area contributed by atoms with Gasteiger partial charge in [0.1, 0.15) is 5.78 Å². The lowest BCUT2D eigenvalue weighted by atomic mass is 9.78. The molecule has 0 heterocycles. The Morgan fingerprint density at radius 1 is 1.29 bits per heavy atom. The second-order valence-electron chi connectivity index (χ2n) is 3.93. The van der Waals surface area contributed by atoms with Crippen LogP contribution in [0.2, 0.25) is 0 Å². The molecule has 2 nitrogen and oxygen atoms in total. The van der Waals surface area contributed by atoms with Gasteiger partial charge in [0.05, 0.1) is 5.41 Å². The van der Waals surface area contributed by atoms with Gasteiger partial charge in [-0.2, -0.15) is 0 Å². The van der Waals surface area contributed by atoms with Crippen LogP contribution in [0.25, 0.3) is 0 Å². The van der Waals surface area contributed by atoms with Crippen molar-refractivity contribution in [3.63, 3.8) is 0 Å². The lowest BCUT2D eigenvalue weighted by Crippen LogP contribution is -2.38. The third-order valence-corrected chi connectivity index (χ3v) is 3.22. The Morgan fingerprint density at radius 2 is 2.00 bits per heavy atom. The van der Waals surface area contributed by atoms with E-state index in [1.807, 2.05) is 30.3 Å². The third-order valence-electron chi connectivity index (χ3n) is 3.22. The maximum atomic E-state index is 11.8. The van der Waals surface area contributed by atoms with Gasteiger partial charge in [0.25, 0.3) is 0 Å². The zero-order chi connectivity index (χ0) is 10.0. The predicted octanol–water partition coefficient (Wildman–Crippen LogP) is 1.64. The number of rotatable bonds is 2. The zero-order valence-corrected chi connectivity index (χ0v) is 8.20. The van der Waals surface area contributed by atoms with Gasteiger partial charge in [-0.1, -0.05) is 30.3 Å². The minimum absolute atomic E-state index is 0.311. The van der Waals surface area contributed by atoms with Crippen molar-refractivity contribution in [2.75, 3.05) is 6.54 Å². The number of nitrogens with two attached hydrogens (primary N) is 1. The van der Waals surface area contributed by atoms with Crippen molar-refractivity contribution in [1.29, 1.82) is 0 Å². The molecule has 0 saturated heterocycles. The summed E-state index contributed by atoms with van der Waals surface area (Å²) in [7, 11) is 0. The van der Waals surface area contributed by atoms with Crippen molar-refractivity contribution < 1.29 is 4.79 Å². The third kappa shape index (κ3) is 1.26. The van der Waals surface area contributed by atoms with Crippen molar-refractivity contribution in [3.05, 3.63) is 35.9 Å². The molecule has 74 valence electrons. The molecule has 0 bridgehead atoms. The average Bonchev–Trinajstić information content (AvgIpc) is 2.62. The topological polar surface area (TPSA) is 43.1 Å². The fourth-order valence-electron chi connectivity index (χ4n) is 2.33. The predicted molar refractivity (Wildman–Crippen MR) is 56.0 cm³/mol. The Morgan fingerprint density at radius 3 is 2.50 bits per heavy atom. The van der Waals surface area contributed by atoms with Gasteiger partial charge < -0.3 is 5.73 Å². The first-order valence-electron chi connectivity index (χ1n) is 5.08. The van der Waals surface area contributed by atoms with Crippen molar-refractivity contribution in [3.8, 4) is 0 Å². The SMILES string of the molecule is NCC1(c2ccccc2)CCCC1=O. The lowest BCUT2D eigenvalue weighted by Gasteiger charge is -2.25. The zero-order valence-electron chi connectivity index (χ0n) is 8.20. The van der Waals surface area contributed by atoms with Crippen LogP contribution in [0, 0.1) is 0 Å². The van der Waals surface area contributed by atoms with Crippen molar-refractivity contribution in [1.82, 2.24) is 0 Å². The summed E-state index contributed by atoms with van der Waals surface area (Å²) in [5, 5.41) is 0. The number of benzene rings is 1.